The lowest BCUT2D eigenvalue weighted by Gasteiger charge is -2.36. The highest BCUT2D eigenvalue weighted by atomic mass is 16.7. The molecule has 2 N–H and O–H groups in total. The normalized spacial score (nSPS) is 29.6. The molecule has 0 aromatic heterocycles. The Morgan fingerprint density at radius 2 is 1.80 bits per heavy atom. The maximum atomic E-state index is 11.5. The van der Waals surface area contributed by atoms with Crippen LogP contribution in [0, 0.1) is 0 Å². The van der Waals surface area contributed by atoms with Gasteiger partial charge < -0.3 is 29.2 Å². The molecule has 0 bridgehead atoms. The lowest BCUT2D eigenvalue weighted by Crippen LogP contribution is -2.55. The van der Waals surface area contributed by atoms with Gasteiger partial charge in [0.15, 0.2) is 18.5 Å². The van der Waals surface area contributed by atoms with Gasteiger partial charge in [-0.1, -0.05) is 0 Å². The van der Waals surface area contributed by atoms with Crippen molar-refractivity contribution >= 4 is 17.7 Å². The molecule has 4 atom stereocenters. The minimum Gasteiger partial charge on any atom is -0.457 e. The Morgan fingerprint density at radius 1 is 1.15 bits per heavy atom. The first-order chi connectivity index (χ1) is 9.31. The van der Waals surface area contributed by atoms with Crippen molar-refractivity contribution in [2.45, 2.75) is 51.3 Å². The SMILES string of the molecule is CC(=O)CCC(=O)O[C@@H]1[C@@H](O)[C@@H](OC(C)=O)CO[C@@H]1O. The molecule has 114 valence electrons. The highest BCUT2D eigenvalue weighted by Gasteiger charge is 2.43. The first kappa shape index (κ1) is 16.5. The van der Waals surface area contributed by atoms with Gasteiger partial charge in [0, 0.05) is 13.3 Å². The second-order valence-electron chi connectivity index (χ2n) is 4.52. The van der Waals surface area contributed by atoms with E-state index in [9.17, 15) is 24.6 Å². The van der Waals surface area contributed by atoms with Crippen molar-refractivity contribution < 1.29 is 38.8 Å². The number of Topliss-reactive ketones (excluding diaryl/α,β-unsaturated/α-hetero) is 1. The molecule has 0 aromatic rings. The second-order valence-corrected chi connectivity index (χ2v) is 4.52. The van der Waals surface area contributed by atoms with Crippen LogP contribution in [0.2, 0.25) is 0 Å². The Labute approximate surface area is 115 Å². The van der Waals surface area contributed by atoms with Crippen LogP contribution in [0.3, 0.4) is 0 Å². The van der Waals surface area contributed by atoms with Crippen LogP contribution >= 0.6 is 0 Å². The summed E-state index contributed by atoms with van der Waals surface area (Å²) < 4.78 is 14.5. The summed E-state index contributed by atoms with van der Waals surface area (Å²) in [6.45, 7) is 2.28. The molecule has 1 fully saturated rings. The number of aliphatic hydroxyl groups is 2. The standard InChI is InChI=1S/C12H18O8/c1-6(13)3-4-9(15)20-11-10(16)8(19-7(2)14)5-18-12(11)17/h8,10-12,16-17H,3-5H2,1-2H3/t8-,10-,11+,12-/m0/s1. The highest BCUT2D eigenvalue weighted by molar-refractivity contribution is 5.81. The van der Waals surface area contributed by atoms with Crippen molar-refractivity contribution in [3.05, 3.63) is 0 Å². The summed E-state index contributed by atoms with van der Waals surface area (Å²) in [5.74, 6) is -1.56. The molecular weight excluding hydrogens is 272 g/mol. The first-order valence-electron chi connectivity index (χ1n) is 6.15. The topological polar surface area (TPSA) is 119 Å². The molecule has 1 aliphatic heterocycles. The van der Waals surface area contributed by atoms with Gasteiger partial charge in [0.25, 0.3) is 0 Å². The van der Waals surface area contributed by atoms with E-state index in [1.807, 2.05) is 0 Å². The average Bonchev–Trinajstić information content (AvgIpc) is 2.35. The largest absolute Gasteiger partial charge is 0.457 e. The molecule has 1 rings (SSSR count). The van der Waals surface area contributed by atoms with E-state index in [2.05, 4.69) is 0 Å². The number of aliphatic hydroxyl groups excluding tert-OH is 2. The molecule has 0 amide bonds. The number of esters is 2. The average molecular weight is 290 g/mol. The van der Waals surface area contributed by atoms with Gasteiger partial charge in [-0.3, -0.25) is 9.59 Å². The summed E-state index contributed by atoms with van der Waals surface area (Å²) in [7, 11) is 0. The van der Waals surface area contributed by atoms with Crippen molar-refractivity contribution in [1.82, 2.24) is 0 Å². The number of carbonyl (C=O) groups is 3. The lowest BCUT2D eigenvalue weighted by molar-refractivity contribution is -0.263. The minimum atomic E-state index is -1.52. The van der Waals surface area contributed by atoms with Crippen LogP contribution in [0.1, 0.15) is 26.7 Å². The first-order valence-corrected chi connectivity index (χ1v) is 6.15. The second kappa shape index (κ2) is 7.32. The van der Waals surface area contributed by atoms with Crippen molar-refractivity contribution in [3.63, 3.8) is 0 Å². The van der Waals surface area contributed by atoms with Crippen LogP contribution in [0.15, 0.2) is 0 Å². The van der Waals surface area contributed by atoms with Gasteiger partial charge in [-0.05, 0) is 6.92 Å². The van der Waals surface area contributed by atoms with Crippen LogP contribution in [-0.2, 0) is 28.6 Å². The molecule has 0 aliphatic carbocycles. The zero-order valence-corrected chi connectivity index (χ0v) is 11.3. The molecule has 0 saturated carbocycles. The maximum Gasteiger partial charge on any atom is 0.306 e. The van der Waals surface area contributed by atoms with E-state index in [-0.39, 0.29) is 25.2 Å². The van der Waals surface area contributed by atoms with Gasteiger partial charge in [0.2, 0.25) is 0 Å². The van der Waals surface area contributed by atoms with Crippen LogP contribution in [-0.4, -0.2) is 59.1 Å². The summed E-state index contributed by atoms with van der Waals surface area (Å²) >= 11 is 0. The van der Waals surface area contributed by atoms with E-state index >= 15 is 0 Å². The molecule has 8 nitrogen and oxygen atoms in total. The molecule has 0 spiro atoms. The van der Waals surface area contributed by atoms with Gasteiger partial charge in [-0.25, -0.2) is 0 Å². The number of hydrogen-bond acceptors (Lipinski definition) is 8. The monoisotopic (exact) mass is 290 g/mol. The van der Waals surface area contributed by atoms with E-state index in [4.69, 9.17) is 14.2 Å². The molecule has 0 radical (unpaired) electrons. The fourth-order valence-electron chi connectivity index (χ4n) is 1.70. The van der Waals surface area contributed by atoms with Crippen molar-refractivity contribution in [2.75, 3.05) is 6.61 Å². The van der Waals surface area contributed by atoms with E-state index in [1.165, 1.54) is 6.92 Å². The fraction of sp³-hybridized carbons (Fsp3) is 0.750. The number of carbonyl (C=O) groups excluding carboxylic acids is 3. The van der Waals surface area contributed by atoms with Gasteiger partial charge in [-0.15, -0.1) is 0 Å². The molecular formula is C12H18O8. The zero-order valence-electron chi connectivity index (χ0n) is 11.3. The Kier molecular flexibility index (Phi) is 6.05. The molecule has 1 heterocycles. The fourth-order valence-corrected chi connectivity index (χ4v) is 1.70. The Hall–Kier alpha value is -1.51. The van der Waals surface area contributed by atoms with Crippen molar-refractivity contribution in [3.8, 4) is 0 Å². The number of hydrogen-bond donors (Lipinski definition) is 2. The van der Waals surface area contributed by atoms with Gasteiger partial charge >= 0.3 is 11.9 Å². The van der Waals surface area contributed by atoms with Crippen LogP contribution in [0.4, 0.5) is 0 Å². The van der Waals surface area contributed by atoms with E-state index in [0.717, 1.165) is 6.92 Å². The summed E-state index contributed by atoms with van der Waals surface area (Å²) in [4.78, 5) is 33.1. The van der Waals surface area contributed by atoms with Gasteiger partial charge in [0.05, 0.1) is 13.0 Å². The van der Waals surface area contributed by atoms with Crippen LogP contribution in [0.25, 0.3) is 0 Å². The maximum absolute atomic E-state index is 11.5. The number of ether oxygens (including phenoxy) is 3. The predicted octanol–water partition coefficient (Wildman–Crippen LogP) is -1.09. The van der Waals surface area contributed by atoms with E-state index < -0.39 is 36.5 Å². The molecule has 0 aromatic carbocycles. The quantitative estimate of drug-likeness (QED) is 0.613. The lowest BCUT2D eigenvalue weighted by atomic mass is 10.0. The summed E-state index contributed by atoms with van der Waals surface area (Å²) in [5.41, 5.74) is 0. The summed E-state index contributed by atoms with van der Waals surface area (Å²) in [6, 6.07) is 0. The Bertz CT molecular complexity index is 380. The number of ketones is 1. The third kappa shape index (κ3) is 4.87. The summed E-state index contributed by atoms with van der Waals surface area (Å²) in [6.07, 6.45) is -5.47. The minimum absolute atomic E-state index is 0.00593. The molecule has 0 unspecified atom stereocenters. The highest BCUT2D eigenvalue weighted by Crippen LogP contribution is 2.20. The van der Waals surface area contributed by atoms with E-state index in [0.29, 0.717) is 0 Å². The van der Waals surface area contributed by atoms with Gasteiger partial charge in [0.1, 0.15) is 11.9 Å². The third-order valence-corrected chi connectivity index (χ3v) is 2.70. The predicted molar refractivity (Wildman–Crippen MR) is 63.3 cm³/mol. The molecule has 1 saturated heterocycles. The molecule has 1 aliphatic rings. The summed E-state index contributed by atoms with van der Waals surface area (Å²) in [5, 5.41) is 19.5. The Morgan fingerprint density at radius 3 is 2.35 bits per heavy atom. The molecule has 20 heavy (non-hydrogen) atoms. The van der Waals surface area contributed by atoms with Crippen LogP contribution in [0.5, 0.6) is 0 Å². The number of rotatable bonds is 5. The van der Waals surface area contributed by atoms with Crippen LogP contribution < -0.4 is 0 Å². The van der Waals surface area contributed by atoms with E-state index in [1.54, 1.807) is 0 Å². The van der Waals surface area contributed by atoms with Crippen molar-refractivity contribution in [1.29, 1.82) is 0 Å². The zero-order chi connectivity index (χ0) is 15.3. The van der Waals surface area contributed by atoms with Crippen molar-refractivity contribution in [2.24, 2.45) is 0 Å². The smallest absolute Gasteiger partial charge is 0.306 e. The molecule has 8 heteroatoms. The van der Waals surface area contributed by atoms with Gasteiger partial charge in [-0.2, -0.15) is 0 Å². The third-order valence-electron chi connectivity index (χ3n) is 2.70. The Balaban J connectivity index is 2.58.